The molecule has 11 fully saturated rings. The van der Waals surface area contributed by atoms with Gasteiger partial charge in [0.2, 0.25) is 33.4 Å². The number of sulfonamides is 1. The third-order valence-electron chi connectivity index (χ3n) is 27.7. The molecular formula is C80H125N3O16S2. The zero-order valence-electron chi connectivity index (χ0n) is 63.0. The summed E-state index contributed by atoms with van der Waals surface area (Å²) in [6.07, 6.45) is 23.0. The summed E-state index contributed by atoms with van der Waals surface area (Å²) in [7, 11) is -5.43. The van der Waals surface area contributed by atoms with E-state index in [9.17, 15) is 64.8 Å². The highest BCUT2D eigenvalue weighted by atomic mass is 32.2. The van der Waals surface area contributed by atoms with Gasteiger partial charge in [0.1, 0.15) is 11.6 Å². The number of rotatable bonds is 20. The van der Waals surface area contributed by atoms with E-state index in [-0.39, 0.29) is 146 Å². The van der Waals surface area contributed by atoms with E-state index in [0.717, 1.165) is 128 Å². The molecule has 5 heterocycles. The van der Waals surface area contributed by atoms with Crippen molar-refractivity contribution in [3.05, 3.63) is 0 Å². The average molecular weight is 1450 g/mol. The molecule has 5 aliphatic heterocycles. The Bertz CT molecular complexity index is 3300. The van der Waals surface area contributed by atoms with Crippen molar-refractivity contribution in [3.8, 4) is 0 Å². The fourth-order valence-corrected chi connectivity index (χ4v) is 24.6. The van der Waals surface area contributed by atoms with Crippen LogP contribution in [-0.2, 0) is 77.3 Å². The predicted molar refractivity (Wildman–Crippen MR) is 385 cm³/mol. The molecule has 0 bridgehead atoms. The third-order valence-corrected chi connectivity index (χ3v) is 33.3. The summed E-state index contributed by atoms with van der Waals surface area (Å²) in [5.74, 6) is -4.67. The van der Waals surface area contributed by atoms with Crippen LogP contribution in [0.25, 0.3) is 0 Å². The maximum absolute atomic E-state index is 14.6. The first-order valence-electron chi connectivity index (χ1n) is 39.9. The lowest BCUT2D eigenvalue weighted by molar-refractivity contribution is -0.147. The molecule has 0 radical (unpaired) electrons. The monoisotopic (exact) mass is 1450 g/mol. The summed E-state index contributed by atoms with van der Waals surface area (Å²) in [5, 5.41) is -1.16. The van der Waals surface area contributed by atoms with Gasteiger partial charge < -0.3 is 19.3 Å². The number of carbonyl (C=O) groups is 10. The minimum atomic E-state index is -3.55. The van der Waals surface area contributed by atoms with Gasteiger partial charge in [0.05, 0.1) is 52.4 Å². The Kier molecular flexibility index (Phi) is 25.8. The molecule has 0 N–H and O–H groups in total. The second-order valence-electron chi connectivity index (χ2n) is 35.9. The second-order valence-corrected chi connectivity index (χ2v) is 41.2. The van der Waals surface area contributed by atoms with Gasteiger partial charge in [0, 0.05) is 103 Å². The Morgan fingerprint density at radius 1 is 0.535 bits per heavy atom. The molecule has 11 rings (SSSR count). The number of ketones is 8. The van der Waals surface area contributed by atoms with Gasteiger partial charge in [-0.3, -0.25) is 47.9 Å². The zero-order chi connectivity index (χ0) is 73.2. The fraction of sp³-hybridized carbons (Fsp3) is 0.875. The highest BCUT2D eigenvalue weighted by Crippen LogP contribution is 2.67. The van der Waals surface area contributed by atoms with Crippen molar-refractivity contribution in [2.75, 3.05) is 53.1 Å². The molecule has 2 amide bonds. The summed E-state index contributed by atoms with van der Waals surface area (Å²) in [6, 6.07) is -1.39. The van der Waals surface area contributed by atoms with Crippen molar-refractivity contribution in [2.45, 2.75) is 307 Å². The third kappa shape index (κ3) is 17.7. The Morgan fingerprint density at radius 2 is 0.931 bits per heavy atom. The van der Waals surface area contributed by atoms with Gasteiger partial charge in [0.25, 0.3) is 0 Å². The fourth-order valence-electron chi connectivity index (χ4n) is 20.4. The molecule has 6 aliphatic carbocycles. The maximum Gasteiger partial charge on any atom is 0.229 e. The molecule has 0 aromatic rings. The maximum atomic E-state index is 14.6. The van der Waals surface area contributed by atoms with Crippen LogP contribution >= 0.6 is 0 Å². The number of ether oxygens (including phenoxy) is 2. The molecule has 19 nitrogen and oxygen atoms in total. The largest absolute Gasteiger partial charge is 0.381 e. The SMILES string of the molecule is CC(C)S(=O)(=O)C(C)(C)C1(CC(=O)C[C@H]2COCCCCCCC[C@@H](C(=O)C(=O)CC3CC3)CC(=O)[C@@H]3[C@@H]4[C@H](CN3C2=O)C4(C)C)CCCCC1.CN1CC[C@H](C2(CC(=O)C[C@H]3COCCCCCCC[C@@H](C(=O)C(=O)CC4CC4)CC(=O)[C@@H]4[C@@H]5[C@H](CN4C3=O)C5(C)C)CCCCC2)S1(=O)=O. The lowest BCUT2D eigenvalue weighted by Crippen LogP contribution is -2.54. The Morgan fingerprint density at radius 3 is 1.34 bits per heavy atom. The van der Waals surface area contributed by atoms with Gasteiger partial charge in [0.15, 0.2) is 33.0 Å². The summed E-state index contributed by atoms with van der Waals surface area (Å²) >= 11 is 0. The molecule has 6 saturated carbocycles. The number of piperidine rings is 2. The van der Waals surface area contributed by atoms with Crippen LogP contribution in [-0.4, -0.2) is 169 Å². The van der Waals surface area contributed by atoms with E-state index in [1.807, 2.05) is 0 Å². The summed E-state index contributed by atoms with van der Waals surface area (Å²) in [4.78, 5) is 142. The molecule has 0 unspecified atom stereocenters. The molecule has 0 spiro atoms. The first kappa shape index (κ1) is 79.6. The number of amides is 2. The predicted octanol–water partition coefficient (Wildman–Crippen LogP) is 12.2. The van der Waals surface area contributed by atoms with Crippen LogP contribution in [0.1, 0.15) is 280 Å². The van der Waals surface area contributed by atoms with Crippen LogP contribution in [0.2, 0.25) is 0 Å². The molecular weight excluding hydrogens is 1320 g/mol. The van der Waals surface area contributed by atoms with Crippen LogP contribution in [0.4, 0.5) is 0 Å². The topological polar surface area (TPSA) is 267 Å². The number of hydrogen-bond donors (Lipinski definition) is 0. The van der Waals surface area contributed by atoms with Crippen molar-refractivity contribution < 1.29 is 74.3 Å². The van der Waals surface area contributed by atoms with E-state index < -0.39 is 93.3 Å². The van der Waals surface area contributed by atoms with Crippen molar-refractivity contribution in [1.82, 2.24) is 14.1 Å². The first-order valence-corrected chi connectivity index (χ1v) is 42.9. The van der Waals surface area contributed by atoms with E-state index >= 15 is 0 Å². The van der Waals surface area contributed by atoms with Gasteiger partial charge >= 0.3 is 0 Å². The van der Waals surface area contributed by atoms with Gasteiger partial charge in [-0.15, -0.1) is 0 Å². The smallest absolute Gasteiger partial charge is 0.229 e. The molecule has 0 aromatic carbocycles. The van der Waals surface area contributed by atoms with Gasteiger partial charge in [-0.1, -0.05) is 118 Å². The average Bonchev–Trinajstić information content (AvgIpc) is 1.55. The lowest BCUT2D eigenvalue weighted by atomic mass is 9.63. The number of Topliss-reactive ketones (excluding diaryl/α,β-unsaturated/α-hetero) is 8. The molecule has 11 atom stereocenters. The van der Waals surface area contributed by atoms with Crippen molar-refractivity contribution >= 4 is 77.9 Å². The number of fused-ring (bicyclic) bond motifs is 6. The Labute approximate surface area is 604 Å². The highest BCUT2D eigenvalue weighted by molar-refractivity contribution is 7.93. The van der Waals surface area contributed by atoms with Crippen molar-refractivity contribution in [1.29, 1.82) is 0 Å². The Balaban J connectivity index is 0.000000218. The standard InChI is InChI=1S/C41H65NO8S.C39H60N2O8S/c1-27(2)51(48,49)40(5,6)41(18-12-10-13-19-41)24-31(43)22-30-26-50-20-14-9-7-8-11-15-29(37(46)34(45)21-28-16-17-28)23-33(44)36-35-32(39(35,3)4)25-42(36)38(30)47;1-38(2)30-24-41-35(34(30)38)31(43)22-27(36(45)32(44)20-26-13-14-26)12-8-5-4-6-11-19-49-25-28(37(41)46)21-29(42)23-39(16-9-7-10-17-39)33-15-18-40(3)50(33,47)48/h27-30,32,35-36H,7-26H2,1-6H3;26-28,30,33-35H,4-25H2,1-3H3/t29-,30+,32+,35+,36-;27-,28+,30+,33-,34+,35-/m11/s1. The van der Waals surface area contributed by atoms with Gasteiger partial charge in [-0.25, -0.2) is 21.1 Å². The van der Waals surface area contributed by atoms with Crippen LogP contribution in [0.3, 0.4) is 0 Å². The van der Waals surface area contributed by atoms with E-state index in [2.05, 4.69) is 27.7 Å². The van der Waals surface area contributed by atoms with Crippen LogP contribution < -0.4 is 0 Å². The molecule has 5 saturated heterocycles. The number of hydrogen-bond acceptors (Lipinski definition) is 16. The van der Waals surface area contributed by atoms with Gasteiger partial charge in [-0.05, 0) is 168 Å². The molecule has 0 aromatic heterocycles. The first-order chi connectivity index (χ1) is 47.7. The number of nitrogens with zero attached hydrogens (tertiary/aromatic N) is 3. The molecule has 11 aliphatic rings. The quantitative estimate of drug-likeness (QED) is 0.103. The van der Waals surface area contributed by atoms with Crippen LogP contribution in [0, 0.1) is 80.8 Å². The molecule has 101 heavy (non-hydrogen) atoms. The minimum Gasteiger partial charge on any atom is -0.381 e. The van der Waals surface area contributed by atoms with Crippen LogP contribution in [0.5, 0.6) is 0 Å². The minimum absolute atomic E-state index is 0.0249. The van der Waals surface area contributed by atoms with Crippen molar-refractivity contribution in [3.63, 3.8) is 0 Å². The molecule has 21 heteroatoms. The van der Waals surface area contributed by atoms with E-state index in [0.29, 0.717) is 89.6 Å². The number of carbonyl (C=O) groups excluding carboxylic acids is 10. The zero-order valence-corrected chi connectivity index (χ0v) is 64.6. The van der Waals surface area contributed by atoms with E-state index in [4.69, 9.17) is 9.47 Å². The summed E-state index contributed by atoms with van der Waals surface area (Å²) in [5.41, 5.74) is -1.59. The van der Waals surface area contributed by atoms with Crippen molar-refractivity contribution in [2.24, 2.45) is 80.8 Å². The Hall–Kier alpha value is -3.92. The highest BCUT2D eigenvalue weighted by Gasteiger charge is 2.71. The van der Waals surface area contributed by atoms with Crippen LogP contribution in [0.15, 0.2) is 0 Å². The van der Waals surface area contributed by atoms with Gasteiger partial charge in [-0.2, -0.15) is 0 Å². The summed E-state index contributed by atoms with van der Waals surface area (Å²) < 4.78 is 66.7. The lowest BCUT2D eigenvalue weighted by Gasteiger charge is -2.49. The molecule has 568 valence electrons. The number of sulfone groups is 1. The second kappa shape index (κ2) is 32.7. The van der Waals surface area contributed by atoms with E-state index in [1.165, 1.54) is 4.31 Å². The van der Waals surface area contributed by atoms with E-state index in [1.54, 1.807) is 44.5 Å². The normalized spacial score (nSPS) is 32.8. The summed E-state index contributed by atoms with van der Waals surface area (Å²) in [6.45, 7) is 17.8.